The van der Waals surface area contributed by atoms with Crippen LogP contribution in [0.25, 0.3) is 10.4 Å². The predicted octanol–water partition coefficient (Wildman–Crippen LogP) is 5.11. The van der Waals surface area contributed by atoms with Crippen molar-refractivity contribution in [1.29, 1.82) is 0 Å². The molecule has 0 saturated heterocycles. The van der Waals surface area contributed by atoms with Crippen LogP contribution >= 0.6 is 22.9 Å². The van der Waals surface area contributed by atoms with Gasteiger partial charge < -0.3 is 9.84 Å². The van der Waals surface area contributed by atoms with Crippen LogP contribution in [0.4, 0.5) is 0 Å². The summed E-state index contributed by atoms with van der Waals surface area (Å²) in [4.78, 5) is 12.5. The van der Waals surface area contributed by atoms with Gasteiger partial charge in [0.2, 0.25) is 0 Å². The normalized spacial score (nSPS) is 11.1. The molecule has 0 amide bonds. The van der Waals surface area contributed by atoms with E-state index in [-0.39, 0.29) is 0 Å². The van der Waals surface area contributed by atoms with E-state index in [4.69, 9.17) is 16.3 Å². The molecule has 0 fully saturated rings. The fourth-order valence-electron chi connectivity index (χ4n) is 2.47. The number of halogens is 1. The Labute approximate surface area is 139 Å². The molecular formula is C17H19ClO3S. The van der Waals surface area contributed by atoms with Crippen molar-refractivity contribution in [2.24, 2.45) is 5.92 Å². The topological polar surface area (TPSA) is 46.5 Å². The second kappa shape index (κ2) is 7.27. The maximum absolute atomic E-state index is 11.8. The van der Waals surface area contributed by atoms with Gasteiger partial charge in [0.1, 0.15) is 0 Å². The number of thiophene rings is 1. The van der Waals surface area contributed by atoms with Gasteiger partial charge in [0, 0.05) is 7.11 Å². The minimum absolute atomic E-state index is 0.326. The van der Waals surface area contributed by atoms with Crippen LogP contribution in [-0.4, -0.2) is 18.2 Å². The van der Waals surface area contributed by atoms with E-state index in [0.717, 1.165) is 16.7 Å². The summed E-state index contributed by atoms with van der Waals surface area (Å²) >= 11 is 7.67. The first-order chi connectivity index (χ1) is 10.5. The van der Waals surface area contributed by atoms with Gasteiger partial charge in [-0.1, -0.05) is 49.7 Å². The van der Waals surface area contributed by atoms with Crippen LogP contribution in [0, 0.1) is 5.92 Å². The standard InChI is InChI=1S/C17H19ClO3S/c1-10(2)8-13-14(17(19)20)15(22-16(13)18)12-7-5-4-6-11(12)9-21-3/h4-7,10H,8-9H2,1-3H3,(H,19,20). The number of carboxylic acids is 1. The number of aromatic carboxylic acids is 1. The van der Waals surface area contributed by atoms with Crippen molar-refractivity contribution in [2.45, 2.75) is 26.9 Å². The van der Waals surface area contributed by atoms with Crippen LogP contribution in [0.5, 0.6) is 0 Å². The maximum Gasteiger partial charge on any atom is 0.337 e. The zero-order chi connectivity index (χ0) is 16.3. The van der Waals surface area contributed by atoms with Crippen molar-refractivity contribution in [3.63, 3.8) is 0 Å². The van der Waals surface area contributed by atoms with Gasteiger partial charge in [-0.3, -0.25) is 0 Å². The summed E-state index contributed by atoms with van der Waals surface area (Å²) in [6.07, 6.45) is 0.656. The first-order valence-electron chi connectivity index (χ1n) is 7.07. The molecule has 2 rings (SSSR count). The fourth-order valence-corrected chi connectivity index (χ4v) is 3.98. The third-order valence-corrected chi connectivity index (χ3v) is 4.86. The smallest absolute Gasteiger partial charge is 0.337 e. The average Bonchev–Trinajstić information content (AvgIpc) is 2.76. The molecule has 0 atom stereocenters. The Balaban J connectivity index is 2.63. The highest BCUT2D eigenvalue weighted by molar-refractivity contribution is 7.20. The summed E-state index contributed by atoms with van der Waals surface area (Å²) in [6, 6.07) is 7.68. The zero-order valence-corrected chi connectivity index (χ0v) is 14.4. The first-order valence-corrected chi connectivity index (χ1v) is 8.26. The number of hydrogen-bond donors (Lipinski definition) is 1. The first kappa shape index (κ1) is 17.0. The van der Waals surface area contributed by atoms with E-state index >= 15 is 0 Å². The van der Waals surface area contributed by atoms with Gasteiger partial charge in [-0.2, -0.15) is 0 Å². The van der Waals surface area contributed by atoms with Crippen LogP contribution in [0.15, 0.2) is 24.3 Å². The Morgan fingerprint density at radius 1 is 1.36 bits per heavy atom. The van der Waals surface area contributed by atoms with Crippen LogP contribution in [-0.2, 0) is 17.8 Å². The zero-order valence-electron chi connectivity index (χ0n) is 12.9. The predicted molar refractivity (Wildman–Crippen MR) is 91.0 cm³/mol. The Morgan fingerprint density at radius 3 is 2.64 bits per heavy atom. The molecule has 0 aliphatic rings. The van der Waals surface area contributed by atoms with Crippen molar-refractivity contribution in [2.75, 3.05) is 7.11 Å². The third kappa shape index (κ3) is 3.51. The lowest BCUT2D eigenvalue weighted by Crippen LogP contribution is -2.05. The van der Waals surface area contributed by atoms with E-state index < -0.39 is 5.97 Å². The molecule has 0 aliphatic heterocycles. The molecule has 0 bridgehead atoms. The Hall–Kier alpha value is -1.36. The van der Waals surface area contributed by atoms with Crippen molar-refractivity contribution in [3.8, 4) is 10.4 Å². The average molecular weight is 339 g/mol. The molecule has 0 unspecified atom stereocenters. The summed E-state index contributed by atoms with van der Waals surface area (Å²) in [5.41, 5.74) is 2.90. The summed E-state index contributed by atoms with van der Waals surface area (Å²) in [5, 5.41) is 9.67. The Morgan fingerprint density at radius 2 is 2.05 bits per heavy atom. The van der Waals surface area contributed by atoms with E-state index in [1.54, 1.807) is 7.11 Å². The summed E-state index contributed by atoms with van der Waals surface area (Å²) < 4.78 is 5.78. The van der Waals surface area contributed by atoms with Crippen molar-refractivity contribution in [3.05, 3.63) is 45.3 Å². The lowest BCUT2D eigenvalue weighted by atomic mass is 9.97. The lowest BCUT2D eigenvalue weighted by Gasteiger charge is -2.09. The molecule has 1 aromatic carbocycles. The van der Waals surface area contributed by atoms with Crippen LogP contribution in [0.1, 0.15) is 35.3 Å². The van der Waals surface area contributed by atoms with Crippen LogP contribution in [0.2, 0.25) is 4.34 Å². The molecule has 1 heterocycles. The monoisotopic (exact) mass is 338 g/mol. The minimum atomic E-state index is -0.930. The number of carbonyl (C=O) groups is 1. The van der Waals surface area contributed by atoms with E-state index in [9.17, 15) is 9.90 Å². The molecular weight excluding hydrogens is 320 g/mol. The second-order valence-corrected chi connectivity index (χ2v) is 7.17. The SMILES string of the molecule is COCc1ccccc1-c1sc(Cl)c(CC(C)C)c1C(=O)O. The van der Waals surface area contributed by atoms with Crippen molar-refractivity contribution < 1.29 is 14.6 Å². The van der Waals surface area contributed by atoms with Gasteiger partial charge in [-0.15, -0.1) is 11.3 Å². The number of ether oxygens (including phenoxy) is 1. The van der Waals surface area contributed by atoms with Gasteiger partial charge >= 0.3 is 5.97 Å². The fraction of sp³-hybridized carbons (Fsp3) is 0.353. The van der Waals surface area contributed by atoms with E-state index in [1.165, 1.54) is 11.3 Å². The molecule has 0 aliphatic carbocycles. The highest BCUT2D eigenvalue weighted by Gasteiger charge is 2.25. The highest BCUT2D eigenvalue weighted by atomic mass is 35.5. The third-order valence-electron chi connectivity index (χ3n) is 3.35. The highest BCUT2D eigenvalue weighted by Crippen LogP contribution is 2.42. The van der Waals surface area contributed by atoms with Gasteiger partial charge in [0.15, 0.2) is 0 Å². The van der Waals surface area contributed by atoms with Gasteiger partial charge in [-0.05, 0) is 29.0 Å². The molecule has 5 heteroatoms. The number of hydrogen-bond acceptors (Lipinski definition) is 3. The van der Waals surface area contributed by atoms with Crippen LogP contribution < -0.4 is 0 Å². The second-order valence-electron chi connectivity index (χ2n) is 5.55. The number of carboxylic acid groups (broad SMARTS) is 1. The molecule has 3 nitrogen and oxygen atoms in total. The van der Waals surface area contributed by atoms with Crippen molar-refractivity contribution >= 4 is 28.9 Å². The van der Waals surface area contributed by atoms with E-state index in [2.05, 4.69) is 13.8 Å². The summed E-state index contributed by atoms with van der Waals surface area (Å²) in [5.74, 6) is -0.590. The van der Waals surface area contributed by atoms with Crippen LogP contribution in [0.3, 0.4) is 0 Å². The summed E-state index contributed by atoms with van der Waals surface area (Å²) in [7, 11) is 1.63. The van der Waals surface area contributed by atoms with Gasteiger partial charge in [0.25, 0.3) is 0 Å². The maximum atomic E-state index is 11.8. The molecule has 1 N–H and O–H groups in total. The van der Waals surface area contributed by atoms with Crippen molar-refractivity contribution in [1.82, 2.24) is 0 Å². The molecule has 0 spiro atoms. The molecule has 2 aromatic rings. The quantitative estimate of drug-likeness (QED) is 0.795. The van der Waals surface area contributed by atoms with E-state index in [0.29, 0.717) is 33.7 Å². The Kier molecular flexibility index (Phi) is 5.62. The van der Waals surface area contributed by atoms with E-state index in [1.807, 2.05) is 24.3 Å². The number of rotatable bonds is 6. The largest absolute Gasteiger partial charge is 0.478 e. The Bertz CT molecular complexity index is 677. The number of methoxy groups -OCH3 is 1. The molecule has 0 radical (unpaired) electrons. The summed E-state index contributed by atoms with van der Waals surface area (Å²) in [6.45, 7) is 4.54. The lowest BCUT2D eigenvalue weighted by molar-refractivity contribution is 0.0697. The molecule has 118 valence electrons. The van der Waals surface area contributed by atoms with Gasteiger partial charge in [0.05, 0.1) is 21.4 Å². The minimum Gasteiger partial charge on any atom is -0.478 e. The molecule has 0 saturated carbocycles. The van der Waals surface area contributed by atoms with Gasteiger partial charge in [-0.25, -0.2) is 4.79 Å². The molecule has 1 aromatic heterocycles. The number of benzene rings is 1. The molecule has 22 heavy (non-hydrogen) atoms.